The SMILES string of the molecule is O=S(=O)(O)c1cccc2cc(CN=Nc3ccc4c(S(=O)(=O)O)cccc4c3)ccc12. The molecule has 0 amide bonds. The molecule has 0 aliphatic rings. The standard InChI is InChI=1S/C21H16N2O6S2/c24-30(25,26)20-5-1-3-15-11-14(7-9-18(15)20)13-22-23-17-8-10-19-16(12-17)4-2-6-21(19)31(27,28)29/h1-12H,13H2,(H,24,25,26)(H,27,28,29). The van der Waals surface area contributed by atoms with Gasteiger partial charge in [-0.25, -0.2) is 0 Å². The Morgan fingerprint density at radius 3 is 1.81 bits per heavy atom. The molecule has 0 saturated carbocycles. The predicted octanol–water partition coefficient (Wildman–Crippen LogP) is 4.77. The van der Waals surface area contributed by atoms with Gasteiger partial charge in [-0.3, -0.25) is 9.11 Å². The van der Waals surface area contributed by atoms with Crippen LogP contribution < -0.4 is 0 Å². The maximum atomic E-state index is 11.5. The molecular weight excluding hydrogens is 440 g/mol. The Kier molecular flexibility index (Phi) is 5.31. The maximum absolute atomic E-state index is 11.5. The lowest BCUT2D eigenvalue weighted by Gasteiger charge is -2.05. The average Bonchev–Trinajstić information content (AvgIpc) is 2.71. The minimum Gasteiger partial charge on any atom is -0.282 e. The van der Waals surface area contributed by atoms with E-state index in [2.05, 4.69) is 10.2 Å². The van der Waals surface area contributed by atoms with Gasteiger partial charge in [0, 0.05) is 10.8 Å². The third-order valence-corrected chi connectivity index (χ3v) is 6.55. The second kappa shape index (κ2) is 7.82. The topological polar surface area (TPSA) is 133 Å². The molecule has 0 aliphatic heterocycles. The third-order valence-electron chi connectivity index (χ3n) is 4.72. The summed E-state index contributed by atoms with van der Waals surface area (Å²) in [6, 6.07) is 19.1. The number of nitrogens with zero attached hydrogens (tertiary/aromatic N) is 2. The average molecular weight is 457 g/mol. The van der Waals surface area contributed by atoms with Gasteiger partial charge < -0.3 is 0 Å². The fourth-order valence-corrected chi connectivity index (χ4v) is 4.78. The molecule has 2 N–H and O–H groups in total. The van der Waals surface area contributed by atoms with Gasteiger partial charge in [0.25, 0.3) is 20.2 Å². The van der Waals surface area contributed by atoms with E-state index < -0.39 is 20.2 Å². The molecule has 0 heterocycles. The van der Waals surface area contributed by atoms with Gasteiger partial charge >= 0.3 is 0 Å². The highest BCUT2D eigenvalue weighted by Crippen LogP contribution is 2.28. The first-order valence-corrected chi connectivity index (χ1v) is 11.9. The van der Waals surface area contributed by atoms with E-state index >= 15 is 0 Å². The molecule has 158 valence electrons. The summed E-state index contributed by atoms with van der Waals surface area (Å²) in [5, 5.41) is 10.3. The van der Waals surface area contributed by atoms with Crippen molar-refractivity contribution in [2.24, 2.45) is 10.2 Å². The first kappa shape index (κ1) is 21.1. The molecule has 0 aliphatic carbocycles. The van der Waals surface area contributed by atoms with Gasteiger partial charge in [0.05, 0.1) is 12.2 Å². The van der Waals surface area contributed by atoms with Crippen LogP contribution in [0.2, 0.25) is 0 Å². The smallest absolute Gasteiger partial charge is 0.282 e. The lowest BCUT2D eigenvalue weighted by molar-refractivity contribution is 0.482. The minimum absolute atomic E-state index is 0.154. The highest BCUT2D eigenvalue weighted by Gasteiger charge is 2.14. The zero-order valence-electron chi connectivity index (χ0n) is 15.9. The van der Waals surface area contributed by atoms with Crippen molar-refractivity contribution in [1.82, 2.24) is 0 Å². The van der Waals surface area contributed by atoms with Crippen LogP contribution in [0.5, 0.6) is 0 Å². The molecular formula is C21H16N2O6S2. The molecule has 0 spiro atoms. The Morgan fingerprint density at radius 2 is 1.23 bits per heavy atom. The molecule has 0 fully saturated rings. The normalized spacial score (nSPS) is 12.7. The molecule has 0 unspecified atom stereocenters. The molecule has 4 aromatic carbocycles. The van der Waals surface area contributed by atoms with Gasteiger partial charge in [-0.15, -0.1) is 0 Å². The van der Waals surface area contributed by atoms with E-state index in [4.69, 9.17) is 0 Å². The number of hydrogen-bond acceptors (Lipinski definition) is 6. The quantitative estimate of drug-likeness (QED) is 0.328. The molecule has 0 bridgehead atoms. The number of benzene rings is 4. The third kappa shape index (κ3) is 4.47. The van der Waals surface area contributed by atoms with E-state index in [9.17, 15) is 25.9 Å². The first-order chi connectivity index (χ1) is 14.6. The van der Waals surface area contributed by atoms with Crippen LogP contribution in [0.25, 0.3) is 21.5 Å². The fraction of sp³-hybridized carbons (Fsp3) is 0.0476. The zero-order valence-corrected chi connectivity index (χ0v) is 17.5. The van der Waals surface area contributed by atoms with Crippen molar-refractivity contribution in [2.45, 2.75) is 16.3 Å². The van der Waals surface area contributed by atoms with Gasteiger partial charge in [0.1, 0.15) is 9.79 Å². The largest absolute Gasteiger partial charge is 0.295 e. The summed E-state index contributed by atoms with van der Waals surface area (Å²) in [4.78, 5) is -0.326. The summed E-state index contributed by atoms with van der Waals surface area (Å²) in [5.74, 6) is 0. The van der Waals surface area contributed by atoms with Crippen LogP contribution in [0, 0.1) is 0 Å². The fourth-order valence-electron chi connectivity index (χ4n) is 3.35. The lowest BCUT2D eigenvalue weighted by atomic mass is 10.1. The van der Waals surface area contributed by atoms with Gasteiger partial charge in [0.2, 0.25) is 0 Å². The van der Waals surface area contributed by atoms with Crippen molar-refractivity contribution in [3.63, 3.8) is 0 Å². The van der Waals surface area contributed by atoms with Crippen molar-refractivity contribution in [3.05, 3.63) is 78.4 Å². The van der Waals surface area contributed by atoms with E-state index in [1.807, 2.05) is 0 Å². The Hall–Kier alpha value is -3.18. The van der Waals surface area contributed by atoms with E-state index in [0.717, 1.165) is 5.56 Å². The van der Waals surface area contributed by atoms with Crippen molar-refractivity contribution < 1.29 is 25.9 Å². The summed E-state index contributed by atoms with van der Waals surface area (Å²) >= 11 is 0. The van der Waals surface area contributed by atoms with Crippen molar-refractivity contribution in [3.8, 4) is 0 Å². The zero-order chi connectivity index (χ0) is 22.2. The molecule has 10 heteroatoms. The Balaban J connectivity index is 1.60. The van der Waals surface area contributed by atoms with Crippen molar-refractivity contribution >= 4 is 47.5 Å². The second-order valence-corrected chi connectivity index (χ2v) is 9.60. The summed E-state index contributed by atoms with van der Waals surface area (Å²) in [5.41, 5.74) is 1.30. The molecule has 0 radical (unpaired) electrons. The first-order valence-electron chi connectivity index (χ1n) is 9.00. The van der Waals surface area contributed by atoms with Crippen LogP contribution in [0.15, 0.2) is 92.8 Å². The Morgan fingerprint density at radius 1 is 0.677 bits per heavy atom. The van der Waals surface area contributed by atoms with Gasteiger partial charge in [0.15, 0.2) is 0 Å². The summed E-state index contributed by atoms with van der Waals surface area (Å²) in [6.07, 6.45) is 0. The summed E-state index contributed by atoms with van der Waals surface area (Å²) in [7, 11) is -8.65. The van der Waals surface area contributed by atoms with Gasteiger partial charge in [-0.05, 0) is 46.7 Å². The summed E-state index contributed by atoms with van der Waals surface area (Å²) < 4.78 is 64.7. The second-order valence-electron chi connectivity index (χ2n) is 6.82. The van der Waals surface area contributed by atoms with E-state index in [1.165, 1.54) is 18.2 Å². The monoisotopic (exact) mass is 456 g/mol. The molecule has 0 aromatic heterocycles. The molecule has 31 heavy (non-hydrogen) atoms. The molecule has 0 atom stereocenters. The molecule has 0 saturated heterocycles. The van der Waals surface area contributed by atoms with Crippen LogP contribution in [0.4, 0.5) is 5.69 Å². The predicted molar refractivity (Wildman–Crippen MR) is 116 cm³/mol. The highest BCUT2D eigenvalue weighted by molar-refractivity contribution is 7.86. The lowest BCUT2D eigenvalue weighted by Crippen LogP contribution is -1.99. The van der Waals surface area contributed by atoms with Crippen molar-refractivity contribution in [1.29, 1.82) is 0 Å². The van der Waals surface area contributed by atoms with Crippen LogP contribution >= 0.6 is 0 Å². The Bertz CT molecular complexity index is 1560. The number of fused-ring (bicyclic) bond motifs is 2. The van der Waals surface area contributed by atoms with Gasteiger partial charge in [-0.2, -0.15) is 27.1 Å². The molecule has 4 rings (SSSR count). The van der Waals surface area contributed by atoms with Gasteiger partial charge in [-0.1, -0.05) is 42.5 Å². The summed E-state index contributed by atoms with van der Waals surface area (Å²) in [6.45, 7) is 0.231. The Labute approximate surface area is 178 Å². The number of azo groups is 1. The van der Waals surface area contributed by atoms with E-state index in [-0.39, 0.29) is 16.3 Å². The van der Waals surface area contributed by atoms with E-state index in [0.29, 0.717) is 27.2 Å². The number of rotatable bonds is 5. The maximum Gasteiger partial charge on any atom is 0.295 e. The minimum atomic E-state index is -4.33. The van der Waals surface area contributed by atoms with Crippen LogP contribution in [0.1, 0.15) is 5.56 Å². The highest BCUT2D eigenvalue weighted by atomic mass is 32.2. The van der Waals surface area contributed by atoms with Crippen LogP contribution in [-0.4, -0.2) is 25.9 Å². The molecule has 4 aromatic rings. The van der Waals surface area contributed by atoms with Crippen LogP contribution in [0.3, 0.4) is 0 Å². The van der Waals surface area contributed by atoms with Crippen molar-refractivity contribution in [2.75, 3.05) is 0 Å². The number of hydrogen-bond donors (Lipinski definition) is 2. The van der Waals surface area contributed by atoms with Crippen LogP contribution in [-0.2, 0) is 26.8 Å². The molecule has 8 nitrogen and oxygen atoms in total. The van der Waals surface area contributed by atoms with E-state index in [1.54, 1.807) is 54.6 Å².